The van der Waals surface area contributed by atoms with Crippen molar-refractivity contribution in [1.82, 2.24) is 14.8 Å². The smallest absolute Gasteiger partial charge is 0.136 e. The Morgan fingerprint density at radius 1 is 1.15 bits per heavy atom. The summed E-state index contributed by atoms with van der Waals surface area (Å²) in [5.41, 5.74) is 3.48. The molecule has 2 aliphatic rings. The van der Waals surface area contributed by atoms with Crippen LogP contribution in [0.1, 0.15) is 29.8 Å². The molecule has 0 aliphatic carbocycles. The molecule has 134 valence electrons. The number of nitriles is 1. The van der Waals surface area contributed by atoms with E-state index in [0.717, 1.165) is 42.3 Å². The van der Waals surface area contributed by atoms with Gasteiger partial charge in [0.05, 0.1) is 29.2 Å². The summed E-state index contributed by atoms with van der Waals surface area (Å²) >= 11 is 0. The molecular weight excluding hydrogens is 334 g/mol. The zero-order valence-corrected chi connectivity index (χ0v) is 15.3. The van der Waals surface area contributed by atoms with Gasteiger partial charge >= 0.3 is 0 Å². The van der Waals surface area contributed by atoms with Crippen LogP contribution in [0.5, 0.6) is 0 Å². The Kier molecular flexibility index (Phi) is 3.54. The number of hydrogen-bond acceptors (Lipinski definition) is 4. The highest BCUT2D eigenvalue weighted by Crippen LogP contribution is 2.48. The molecule has 1 saturated heterocycles. The summed E-state index contributed by atoms with van der Waals surface area (Å²) in [4.78, 5) is 7.00. The van der Waals surface area contributed by atoms with E-state index in [1.165, 1.54) is 5.56 Å². The highest BCUT2D eigenvalue weighted by atomic mass is 15.4. The predicted octanol–water partition coefficient (Wildman–Crippen LogP) is 3.56. The van der Waals surface area contributed by atoms with Crippen LogP contribution in [0.3, 0.4) is 0 Å². The van der Waals surface area contributed by atoms with Crippen LogP contribution in [0.25, 0.3) is 5.69 Å². The minimum Gasteiger partial charge on any atom is -0.351 e. The molecular formula is C22H21N5. The zero-order chi connectivity index (χ0) is 18.4. The monoisotopic (exact) mass is 355 g/mol. The number of aromatic nitrogens is 3. The Hall–Kier alpha value is -3.13. The molecule has 2 aliphatic heterocycles. The SMILES string of the molecule is Cc1nn(-c2ccccc2)c2c1C[C@@](C#N)(c1ccccn1)[C@H]1CCCN21. The number of fused-ring (bicyclic) bond motifs is 3. The van der Waals surface area contributed by atoms with Crippen molar-refractivity contribution in [2.24, 2.45) is 0 Å². The second kappa shape index (κ2) is 5.95. The first kappa shape index (κ1) is 16.1. The molecule has 27 heavy (non-hydrogen) atoms. The second-order valence-corrected chi connectivity index (χ2v) is 7.46. The first-order valence-corrected chi connectivity index (χ1v) is 9.48. The first-order valence-electron chi connectivity index (χ1n) is 9.48. The molecule has 5 nitrogen and oxygen atoms in total. The van der Waals surface area contributed by atoms with E-state index in [4.69, 9.17) is 5.10 Å². The number of pyridine rings is 1. The summed E-state index contributed by atoms with van der Waals surface area (Å²) < 4.78 is 2.06. The molecule has 1 fully saturated rings. The van der Waals surface area contributed by atoms with Crippen LogP contribution >= 0.6 is 0 Å². The first-order chi connectivity index (χ1) is 13.2. The van der Waals surface area contributed by atoms with Gasteiger partial charge in [-0.05, 0) is 44.0 Å². The predicted molar refractivity (Wildman–Crippen MR) is 104 cm³/mol. The average Bonchev–Trinajstić information content (AvgIpc) is 3.34. The highest BCUT2D eigenvalue weighted by molar-refractivity contribution is 5.62. The molecule has 0 spiro atoms. The molecule has 3 aromatic rings. The van der Waals surface area contributed by atoms with Gasteiger partial charge in [0.2, 0.25) is 0 Å². The number of nitrogens with zero attached hydrogens (tertiary/aromatic N) is 5. The topological polar surface area (TPSA) is 57.7 Å². The van der Waals surface area contributed by atoms with Gasteiger partial charge in [0.25, 0.3) is 0 Å². The van der Waals surface area contributed by atoms with Crippen LogP contribution in [-0.2, 0) is 11.8 Å². The van der Waals surface area contributed by atoms with Gasteiger partial charge in [-0.3, -0.25) is 4.98 Å². The van der Waals surface area contributed by atoms with Crippen LogP contribution in [0, 0.1) is 18.3 Å². The number of aryl methyl sites for hydroxylation is 1. The van der Waals surface area contributed by atoms with Crippen LogP contribution in [0.4, 0.5) is 5.82 Å². The van der Waals surface area contributed by atoms with Crippen molar-refractivity contribution in [3.05, 3.63) is 71.7 Å². The number of benzene rings is 1. The van der Waals surface area contributed by atoms with Crippen LogP contribution < -0.4 is 4.90 Å². The van der Waals surface area contributed by atoms with Crippen molar-refractivity contribution in [1.29, 1.82) is 5.26 Å². The summed E-state index contributed by atoms with van der Waals surface area (Å²) in [5.74, 6) is 1.16. The largest absolute Gasteiger partial charge is 0.351 e. The summed E-state index contributed by atoms with van der Waals surface area (Å²) in [7, 11) is 0. The summed E-state index contributed by atoms with van der Waals surface area (Å²) in [6.45, 7) is 3.00. The van der Waals surface area contributed by atoms with Crippen molar-refractivity contribution < 1.29 is 0 Å². The van der Waals surface area contributed by atoms with Crippen LogP contribution in [0.2, 0.25) is 0 Å². The lowest BCUT2D eigenvalue weighted by molar-refractivity contribution is 0.397. The molecule has 2 atom stereocenters. The molecule has 1 aromatic carbocycles. The molecule has 2 aromatic heterocycles. The molecule has 4 heterocycles. The van der Waals surface area contributed by atoms with Crippen LogP contribution in [0.15, 0.2) is 54.7 Å². The lowest BCUT2D eigenvalue weighted by Crippen LogP contribution is -2.52. The fourth-order valence-electron chi connectivity index (χ4n) is 4.79. The molecule has 5 heteroatoms. The van der Waals surface area contributed by atoms with E-state index < -0.39 is 5.41 Å². The molecule has 0 saturated carbocycles. The lowest BCUT2D eigenvalue weighted by Gasteiger charge is -2.43. The highest BCUT2D eigenvalue weighted by Gasteiger charge is 2.52. The van der Waals surface area contributed by atoms with Gasteiger partial charge in [0, 0.05) is 24.7 Å². The summed E-state index contributed by atoms with van der Waals surface area (Å²) in [6, 6.07) is 19.0. The number of anilines is 1. The average molecular weight is 355 g/mol. The Morgan fingerprint density at radius 2 is 1.96 bits per heavy atom. The Morgan fingerprint density at radius 3 is 2.70 bits per heavy atom. The fourth-order valence-corrected chi connectivity index (χ4v) is 4.79. The fraction of sp³-hybridized carbons (Fsp3) is 0.318. The van der Waals surface area contributed by atoms with E-state index in [0.29, 0.717) is 6.42 Å². The third-order valence-electron chi connectivity index (χ3n) is 6.03. The molecule has 0 radical (unpaired) electrons. The molecule has 0 unspecified atom stereocenters. The maximum absolute atomic E-state index is 10.3. The van der Waals surface area contributed by atoms with Gasteiger partial charge in [0.1, 0.15) is 11.2 Å². The third kappa shape index (κ3) is 2.23. The van der Waals surface area contributed by atoms with Gasteiger partial charge < -0.3 is 4.90 Å². The van der Waals surface area contributed by atoms with Crippen molar-refractivity contribution in [2.75, 3.05) is 11.4 Å². The van der Waals surface area contributed by atoms with E-state index in [2.05, 4.69) is 39.7 Å². The van der Waals surface area contributed by atoms with Gasteiger partial charge in [-0.2, -0.15) is 10.4 Å². The quantitative estimate of drug-likeness (QED) is 0.705. The van der Waals surface area contributed by atoms with Crippen molar-refractivity contribution in [3.63, 3.8) is 0 Å². The normalized spacial score (nSPS) is 23.6. The maximum atomic E-state index is 10.3. The van der Waals surface area contributed by atoms with Gasteiger partial charge in [-0.1, -0.05) is 24.3 Å². The number of para-hydroxylation sites is 1. The summed E-state index contributed by atoms with van der Waals surface area (Å²) in [6.07, 6.45) is 4.54. The second-order valence-electron chi connectivity index (χ2n) is 7.46. The Labute approximate surface area is 158 Å². The van der Waals surface area contributed by atoms with E-state index in [1.807, 2.05) is 36.4 Å². The third-order valence-corrected chi connectivity index (χ3v) is 6.03. The summed E-state index contributed by atoms with van der Waals surface area (Å²) in [5, 5.41) is 15.2. The molecule has 5 rings (SSSR count). The van der Waals surface area contributed by atoms with E-state index >= 15 is 0 Å². The van der Waals surface area contributed by atoms with Gasteiger partial charge in [0.15, 0.2) is 0 Å². The van der Waals surface area contributed by atoms with E-state index in [-0.39, 0.29) is 6.04 Å². The van der Waals surface area contributed by atoms with Crippen molar-refractivity contribution >= 4 is 5.82 Å². The zero-order valence-electron chi connectivity index (χ0n) is 15.3. The Balaban J connectivity index is 1.73. The Bertz CT molecular complexity index is 1020. The standard InChI is InChI=1S/C22H21N5/c1-16-18-14-22(15-23,19-10-5-6-12-24-19)20-11-7-13-26(20)21(18)27(25-16)17-8-3-2-4-9-17/h2-6,8-10,12,20H,7,11,13-14H2,1H3/t20-,22-/m1/s1. The van der Waals surface area contributed by atoms with Crippen LogP contribution in [-0.4, -0.2) is 27.4 Å². The lowest BCUT2D eigenvalue weighted by atomic mass is 9.70. The molecule has 0 bridgehead atoms. The van der Waals surface area contributed by atoms with E-state index in [9.17, 15) is 5.26 Å². The van der Waals surface area contributed by atoms with E-state index in [1.54, 1.807) is 6.20 Å². The van der Waals surface area contributed by atoms with Crippen molar-refractivity contribution in [3.8, 4) is 11.8 Å². The minimum atomic E-state index is -0.625. The minimum absolute atomic E-state index is 0.128. The van der Waals surface area contributed by atoms with Gasteiger partial charge in [-0.25, -0.2) is 4.68 Å². The van der Waals surface area contributed by atoms with Crippen molar-refractivity contribution in [2.45, 2.75) is 37.6 Å². The van der Waals surface area contributed by atoms with Gasteiger partial charge in [-0.15, -0.1) is 0 Å². The number of rotatable bonds is 2. The molecule has 0 N–H and O–H groups in total. The maximum Gasteiger partial charge on any atom is 0.136 e. The molecule has 0 amide bonds. The number of hydrogen-bond donors (Lipinski definition) is 0.